The van der Waals surface area contributed by atoms with Crippen molar-refractivity contribution >= 4 is 63.5 Å². The van der Waals surface area contributed by atoms with Crippen molar-refractivity contribution in [1.29, 1.82) is 0 Å². The second-order valence-corrected chi connectivity index (χ2v) is 8.64. The van der Waals surface area contributed by atoms with E-state index in [1.165, 1.54) is 28.8 Å². The third-order valence-electron chi connectivity index (χ3n) is 4.47. The molecule has 0 aliphatic carbocycles. The van der Waals surface area contributed by atoms with E-state index >= 15 is 0 Å². The molecular weight excluding hydrogens is 442 g/mol. The molecule has 0 bridgehead atoms. The van der Waals surface area contributed by atoms with Gasteiger partial charge in [0.05, 0.1) is 21.2 Å². The van der Waals surface area contributed by atoms with Crippen LogP contribution in [0.25, 0.3) is 17.4 Å². The highest BCUT2D eigenvalue weighted by Crippen LogP contribution is 2.37. The number of hydrogen-bond donors (Lipinski definition) is 1. The number of furan rings is 1. The fourth-order valence-corrected chi connectivity index (χ4v) is 4.48. The Balaban J connectivity index is 1.59. The minimum Gasteiger partial charge on any atom is -0.478 e. The lowest BCUT2D eigenvalue weighted by Crippen LogP contribution is -2.27. The first-order chi connectivity index (χ1) is 14.3. The summed E-state index contributed by atoms with van der Waals surface area (Å²) in [6.07, 6.45) is 1.64. The van der Waals surface area contributed by atoms with Crippen LogP contribution in [0.1, 0.15) is 21.7 Å². The van der Waals surface area contributed by atoms with Crippen LogP contribution >= 0.6 is 35.6 Å². The molecule has 1 saturated heterocycles. The number of carboxylic acids is 1. The molecule has 1 aliphatic heterocycles. The molecule has 8 heteroatoms. The molecule has 1 fully saturated rings. The highest BCUT2D eigenvalue weighted by atomic mass is 35.5. The summed E-state index contributed by atoms with van der Waals surface area (Å²) in [6.45, 7) is 1.98. The molecule has 5 nitrogen and oxygen atoms in total. The van der Waals surface area contributed by atoms with Gasteiger partial charge in [-0.2, -0.15) is 0 Å². The maximum Gasteiger partial charge on any atom is 0.337 e. The molecule has 150 valence electrons. The largest absolute Gasteiger partial charge is 0.478 e. The molecule has 2 heterocycles. The van der Waals surface area contributed by atoms with Gasteiger partial charge in [0.25, 0.3) is 5.91 Å². The molecule has 0 saturated carbocycles. The van der Waals surface area contributed by atoms with Crippen molar-refractivity contribution in [2.24, 2.45) is 0 Å². The van der Waals surface area contributed by atoms with Gasteiger partial charge in [0.15, 0.2) is 4.32 Å². The maximum absolute atomic E-state index is 12.9. The Morgan fingerprint density at radius 2 is 1.90 bits per heavy atom. The number of aryl methyl sites for hydroxylation is 1. The van der Waals surface area contributed by atoms with Gasteiger partial charge in [0, 0.05) is 11.6 Å². The first-order valence-corrected chi connectivity index (χ1v) is 10.4. The smallest absolute Gasteiger partial charge is 0.337 e. The highest BCUT2D eigenvalue weighted by Gasteiger charge is 2.33. The maximum atomic E-state index is 12.9. The van der Waals surface area contributed by atoms with Gasteiger partial charge < -0.3 is 9.52 Å². The monoisotopic (exact) mass is 455 g/mol. The predicted molar refractivity (Wildman–Crippen MR) is 123 cm³/mol. The summed E-state index contributed by atoms with van der Waals surface area (Å²) in [5.41, 5.74) is 2.47. The van der Waals surface area contributed by atoms with Crippen LogP contribution in [0.2, 0.25) is 5.02 Å². The quantitative estimate of drug-likeness (QED) is 0.383. The summed E-state index contributed by atoms with van der Waals surface area (Å²) in [5.74, 6) is -0.315. The van der Waals surface area contributed by atoms with E-state index in [1.807, 2.05) is 31.2 Å². The van der Waals surface area contributed by atoms with Crippen molar-refractivity contribution in [3.8, 4) is 11.3 Å². The van der Waals surface area contributed by atoms with Gasteiger partial charge in [0.1, 0.15) is 11.5 Å². The standard InChI is InChI=1S/C22H14ClNO4S2/c1-12-2-5-14(6-3-12)24-20(25)19(30-22(24)29)11-15-7-9-18(28-15)13-4-8-16(21(26)27)17(23)10-13/h2-11H,1H3,(H,26,27)/b19-11+. The molecule has 1 aliphatic rings. The number of rotatable bonds is 4. The van der Waals surface area contributed by atoms with Gasteiger partial charge in [-0.3, -0.25) is 9.69 Å². The number of nitrogens with zero attached hydrogens (tertiary/aromatic N) is 1. The lowest BCUT2D eigenvalue weighted by atomic mass is 10.1. The molecule has 1 amide bonds. The van der Waals surface area contributed by atoms with Crippen molar-refractivity contribution in [2.75, 3.05) is 4.90 Å². The summed E-state index contributed by atoms with van der Waals surface area (Å²) < 4.78 is 6.27. The van der Waals surface area contributed by atoms with Crippen LogP contribution in [-0.2, 0) is 4.79 Å². The Morgan fingerprint density at radius 1 is 1.17 bits per heavy atom. The van der Waals surface area contributed by atoms with E-state index in [2.05, 4.69) is 0 Å². The van der Waals surface area contributed by atoms with Gasteiger partial charge >= 0.3 is 5.97 Å². The number of carbonyl (C=O) groups excluding carboxylic acids is 1. The topological polar surface area (TPSA) is 70.8 Å². The van der Waals surface area contributed by atoms with E-state index < -0.39 is 5.97 Å². The van der Waals surface area contributed by atoms with E-state index in [9.17, 15) is 9.59 Å². The zero-order chi connectivity index (χ0) is 21.4. The summed E-state index contributed by atoms with van der Waals surface area (Å²) in [5, 5.41) is 9.21. The zero-order valence-corrected chi connectivity index (χ0v) is 18.0. The number of carboxylic acid groups (broad SMARTS) is 1. The number of amides is 1. The van der Waals surface area contributed by atoms with Crippen LogP contribution in [0.3, 0.4) is 0 Å². The average Bonchev–Trinajstić information content (AvgIpc) is 3.27. The van der Waals surface area contributed by atoms with Gasteiger partial charge in [-0.05, 0) is 43.3 Å². The van der Waals surface area contributed by atoms with Crippen molar-refractivity contribution < 1.29 is 19.1 Å². The number of thioether (sulfide) groups is 1. The third kappa shape index (κ3) is 3.92. The Morgan fingerprint density at radius 3 is 2.57 bits per heavy atom. The lowest BCUT2D eigenvalue weighted by molar-refractivity contribution is -0.113. The third-order valence-corrected chi connectivity index (χ3v) is 6.08. The molecule has 3 aromatic rings. The van der Waals surface area contributed by atoms with Crippen molar-refractivity contribution in [2.45, 2.75) is 6.92 Å². The molecule has 1 aromatic heterocycles. The molecule has 0 radical (unpaired) electrons. The number of halogens is 1. The minimum atomic E-state index is -1.10. The van der Waals surface area contributed by atoms with E-state index in [4.69, 9.17) is 33.3 Å². The summed E-state index contributed by atoms with van der Waals surface area (Å²) in [7, 11) is 0. The molecule has 0 unspecified atom stereocenters. The number of benzene rings is 2. The highest BCUT2D eigenvalue weighted by molar-refractivity contribution is 8.27. The Kier molecular flexibility index (Phi) is 5.51. The van der Waals surface area contributed by atoms with E-state index in [0.717, 1.165) is 11.3 Å². The summed E-state index contributed by atoms with van der Waals surface area (Å²) in [4.78, 5) is 25.9. The van der Waals surface area contributed by atoms with Crippen molar-refractivity contribution in [3.05, 3.63) is 81.4 Å². The van der Waals surface area contributed by atoms with Gasteiger partial charge in [-0.15, -0.1) is 0 Å². The van der Waals surface area contributed by atoms with Gasteiger partial charge in [0.2, 0.25) is 0 Å². The number of aromatic carboxylic acids is 1. The van der Waals surface area contributed by atoms with Crippen LogP contribution in [0.15, 0.2) is 63.9 Å². The van der Waals surface area contributed by atoms with Crippen molar-refractivity contribution in [1.82, 2.24) is 0 Å². The molecule has 0 spiro atoms. The number of anilines is 1. The molecule has 4 rings (SSSR count). The molecule has 2 aromatic carbocycles. The van der Waals surface area contributed by atoms with Crippen molar-refractivity contribution in [3.63, 3.8) is 0 Å². The van der Waals surface area contributed by atoms with Crippen LogP contribution < -0.4 is 4.90 Å². The Bertz CT molecular complexity index is 1210. The SMILES string of the molecule is Cc1ccc(N2C(=O)/C(=C\c3ccc(-c4ccc(C(=O)O)c(Cl)c4)o3)SC2=S)cc1. The zero-order valence-electron chi connectivity index (χ0n) is 15.6. The Hall–Kier alpha value is -2.87. The average molecular weight is 456 g/mol. The van der Waals surface area contributed by atoms with Gasteiger partial charge in [-0.25, -0.2) is 4.79 Å². The summed E-state index contributed by atoms with van der Waals surface area (Å²) in [6, 6.07) is 15.6. The van der Waals surface area contributed by atoms with E-state index in [-0.39, 0.29) is 16.5 Å². The lowest BCUT2D eigenvalue weighted by Gasteiger charge is -2.14. The first-order valence-electron chi connectivity index (χ1n) is 8.81. The second-order valence-electron chi connectivity index (χ2n) is 6.55. The minimum absolute atomic E-state index is 0.0203. The molecular formula is C22H14ClNO4S2. The molecule has 0 atom stereocenters. The normalized spacial score (nSPS) is 15.3. The Labute approximate surface area is 186 Å². The second kappa shape index (κ2) is 8.10. The van der Waals surface area contributed by atoms with Crippen LogP contribution in [0.4, 0.5) is 5.69 Å². The van der Waals surface area contributed by atoms with Gasteiger partial charge in [-0.1, -0.05) is 59.3 Å². The van der Waals surface area contributed by atoms with Crippen LogP contribution in [0.5, 0.6) is 0 Å². The number of thiocarbonyl (C=S) groups is 1. The fourth-order valence-electron chi connectivity index (χ4n) is 2.94. The molecule has 1 N–H and O–H groups in total. The van der Waals surface area contributed by atoms with E-state index in [0.29, 0.717) is 26.3 Å². The number of hydrogen-bond acceptors (Lipinski definition) is 5. The van der Waals surface area contributed by atoms with E-state index in [1.54, 1.807) is 24.3 Å². The predicted octanol–water partition coefficient (Wildman–Crippen LogP) is 6.01. The first kappa shape index (κ1) is 20.4. The van der Waals surface area contributed by atoms with Crippen LogP contribution in [0, 0.1) is 6.92 Å². The molecule has 30 heavy (non-hydrogen) atoms. The summed E-state index contributed by atoms with van der Waals surface area (Å²) >= 11 is 12.6. The van der Waals surface area contributed by atoms with Crippen LogP contribution in [-0.4, -0.2) is 21.3 Å². The number of carbonyl (C=O) groups is 2. The fraction of sp³-hybridized carbons (Fsp3) is 0.0455.